The summed E-state index contributed by atoms with van der Waals surface area (Å²) in [6.45, 7) is 9.60. The molecule has 0 aromatic rings. The highest BCUT2D eigenvalue weighted by molar-refractivity contribution is 7.67. The molecule has 2 aliphatic rings. The van der Waals surface area contributed by atoms with Crippen LogP contribution in [-0.2, 0) is 4.31 Å². The lowest BCUT2D eigenvalue weighted by Gasteiger charge is -2.29. The number of hydrogen-bond donors (Lipinski definition) is 0. The maximum Gasteiger partial charge on any atom is 0.0398 e. The van der Waals surface area contributed by atoms with Crippen molar-refractivity contribution in [3.05, 3.63) is 0 Å². The summed E-state index contributed by atoms with van der Waals surface area (Å²) in [5.74, 6) is 0. The molecule has 0 aromatic carbocycles. The molecule has 0 aromatic heterocycles. The molecule has 0 bridgehead atoms. The van der Waals surface area contributed by atoms with Crippen LogP contribution in [-0.4, -0.2) is 22.6 Å². The van der Waals surface area contributed by atoms with Crippen molar-refractivity contribution in [1.29, 1.82) is 0 Å². The molecule has 0 saturated carbocycles. The van der Waals surface area contributed by atoms with Gasteiger partial charge in [-0.05, 0) is 25.7 Å². The summed E-state index contributed by atoms with van der Waals surface area (Å²) in [7, 11) is -0.206. The Hall–Kier alpha value is 0.820. The fourth-order valence-corrected chi connectivity index (χ4v) is 9.57. The first-order chi connectivity index (χ1) is 7.09. The first kappa shape index (κ1) is 12.3. The van der Waals surface area contributed by atoms with Crippen LogP contribution in [0.5, 0.6) is 0 Å². The molecule has 0 amide bonds. The molecule has 3 heteroatoms. The van der Waals surface area contributed by atoms with E-state index in [4.69, 9.17) is 4.31 Å². The van der Waals surface area contributed by atoms with Crippen LogP contribution >= 0.6 is 16.3 Å². The van der Waals surface area contributed by atoms with E-state index in [0.717, 1.165) is 22.6 Å². The van der Waals surface area contributed by atoms with Crippen LogP contribution < -0.4 is 0 Å². The highest BCUT2D eigenvalue weighted by Gasteiger charge is 2.38. The Morgan fingerprint density at radius 1 is 0.667 bits per heavy atom. The normalized spacial score (nSPS) is 44.0. The molecule has 0 spiro atoms. The van der Waals surface area contributed by atoms with Crippen LogP contribution in [0.2, 0.25) is 0 Å². The van der Waals surface area contributed by atoms with Gasteiger partial charge >= 0.3 is 0 Å². The molecule has 0 unspecified atom stereocenters. The van der Waals surface area contributed by atoms with Crippen molar-refractivity contribution in [3.8, 4) is 0 Å². The van der Waals surface area contributed by atoms with Crippen LogP contribution in [0.25, 0.3) is 0 Å². The predicted molar refractivity (Wildman–Crippen MR) is 71.2 cm³/mol. The Morgan fingerprint density at radius 3 is 1.20 bits per heavy atom. The molecule has 2 saturated heterocycles. The van der Waals surface area contributed by atoms with Crippen LogP contribution in [0.15, 0.2) is 0 Å². The smallest absolute Gasteiger partial charge is 0.0398 e. The molecule has 0 N–H and O–H groups in total. The zero-order chi connectivity index (χ0) is 11.0. The molecule has 2 aliphatic heterocycles. The average Bonchev–Trinajstić information content (AvgIpc) is 2.67. The van der Waals surface area contributed by atoms with Gasteiger partial charge in [0.15, 0.2) is 0 Å². The standard InChI is InChI=1S/C12H24OP2/c1-9-5-6-10(2)14(9)13-15-11(3)7-8-12(15)4/h9-12H,5-8H2,1-4H3/t9-,10-,11-,12-/m1/s1. The summed E-state index contributed by atoms with van der Waals surface area (Å²) in [5.41, 5.74) is 3.44. The molecule has 88 valence electrons. The molecular weight excluding hydrogens is 222 g/mol. The second-order valence-corrected chi connectivity index (χ2v) is 11.0. The van der Waals surface area contributed by atoms with Gasteiger partial charge < -0.3 is 4.31 Å². The summed E-state index contributed by atoms with van der Waals surface area (Å²) >= 11 is 0. The van der Waals surface area contributed by atoms with Crippen molar-refractivity contribution >= 4 is 16.3 Å². The van der Waals surface area contributed by atoms with Crippen LogP contribution in [0.3, 0.4) is 0 Å². The van der Waals surface area contributed by atoms with Crippen LogP contribution in [0.1, 0.15) is 53.4 Å². The molecule has 2 rings (SSSR count). The van der Waals surface area contributed by atoms with Crippen LogP contribution in [0.4, 0.5) is 0 Å². The predicted octanol–water partition coefficient (Wildman–Crippen LogP) is 4.94. The van der Waals surface area contributed by atoms with E-state index in [-0.39, 0.29) is 16.3 Å². The Kier molecular flexibility index (Phi) is 4.08. The summed E-state index contributed by atoms with van der Waals surface area (Å²) in [5, 5.41) is 0. The zero-order valence-electron chi connectivity index (χ0n) is 10.4. The third-order valence-corrected chi connectivity index (χ3v) is 9.95. The summed E-state index contributed by atoms with van der Waals surface area (Å²) in [6.07, 6.45) is 5.61. The number of rotatable bonds is 2. The Bertz CT molecular complexity index is 180. The maximum absolute atomic E-state index is 6.55. The molecule has 0 radical (unpaired) electrons. The van der Waals surface area contributed by atoms with Gasteiger partial charge in [-0.15, -0.1) is 0 Å². The molecule has 4 atom stereocenters. The van der Waals surface area contributed by atoms with E-state index in [0.29, 0.717) is 0 Å². The van der Waals surface area contributed by atoms with Crippen molar-refractivity contribution in [2.75, 3.05) is 0 Å². The molecular formula is C12H24OP2. The van der Waals surface area contributed by atoms with E-state index in [1.807, 2.05) is 0 Å². The van der Waals surface area contributed by atoms with Gasteiger partial charge in [-0.2, -0.15) is 0 Å². The Balaban J connectivity index is 1.95. The monoisotopic (exact) mass is 246 g/mol. The van der Waals surface area contributed by atoms with Crippen molar-refractivity contribution in [1.82, 2.24) is 0 Å². The van der Waals surface area contributed by atoms with Gasteiger partial charge in [-0.25, -0.2) is 0 Å². The topological polar surface area (TPSA) is 9.23 Å². The van der Waals surface area contributed by atoms with Crippen molar-refractivity contribution < 1.29 is 4.31 Å². The molecule has 15 heavy (non-hydrogen) atoms. The molecule has 2 heterocycles. The quantitative estimate of drug-likeness (QED) is 0.627. The van der Waals surface area contributed by atoms with Gasteiger partial charge in [0.05, 0.1) is 0 Å². The van der Waals surface area contributed by atoms with Gasteiger partial charge in [0.1, 0.15) is 0 Å². The highest BCUT2D eigenvalue weighted by atomic mass is 31.2. The van der Waals surface area contributed by atoms with Gasteiger partial charge in [0.2, 0.25) is 0 Å². The van der Waals surface area contributed by atoms with Crippen molar-refractivity contribution in [2.24, 2.45) is 0 Å². The Labute approximate surface area is 97.0 Å². The number of hydrogen-bond acceptors (Lipinski definition) is 1. The van der Waals surface area contributed by atoms with Crippen molar-refractivity contribution in [3.63, 3.8) is 0 Å². The first-order valence-electron chi connectivity index (χ1n) is 6.34. The second-order valence-electron chi connectivity index (χ2n) is 5.35. The first-order valence-corrected chi connectivity index (χ1v) is 9.14. The lowest BCUT2D eigenvalue weighted by atomic mass is 10.2. The van der Waals surface area contributed by atoms with E-state index >= 15 is 0 Å². The van der Waals surface area contributed by atoms with E-state index in [1.165, 1.54) is 25.7 Å². The molecule has 2 fully saturated rings. The highest BCUT2D eigenvalue weighted by Crippen LogP contribution is 2.69. The van der Waals surface area contributed by atoms with E-state index in [1.54, 1.807) is 0 Å². The average molecular weight is 246 g/mol. The van der Waals surface area contributed by atoms with Gasteiger partial charge in [0.25, 0.3) is 0 Å². The zero-order valence-corrected chi connectivity index (χ0v) is 12.2. The fraction of sp³-hybridized carbons (Fsp3) is 1.00. The van der Waals surface area contributed by atoms with E-state index in [9.17, 15) is 0 Å². The van der Waals surface area contributed by atoms with Gasteiger partial charge in [-0.1, -0.05) is 27.7 Å². The van der Waals surface area contributed by atoms with E-state index < -0.39 is 0 Å². The lowest BCUT2D eigenvalue weighted by molar-refractivity contribution is 0.650. The van der Waals surface area contributed by atoms with E-state index in [2.05, 4.69) is 27.7 Å². The largest absolute Gasteiger partial charge is 0.336 e. The third-order valence-electron chi connectivity index (χ3n) is 3.93. The second kappa shape index (κ2) is 4.99. The minimum Gasteiger partial charge on any atom is -0.336 e. The minimum atomic E-state index is -0.103. The van der Waals surface area contributed by atoms with Gasteiger partial charge in [-0.3, -0.25) is 0 Å². The summed E-state index contributed by atoms with van der Waals surface area (Å²) < 4.78 is 6.55. The summed E-state index contributed by atoms with van der Waals surface area (Å²) in [6, 6.07) is 0. The lowest BCUT2D eigenvalue weighted by Crippen LogP contribution is -2.04. The Morgan fingerprint density at radius 2 is 0.933 bits per heavy atom. The van der Waals surface area contributed by atoms with Crippen LogP contribution in [0, 0.1) is 0 Å². The maximum atomic E-state index is 6.55. The SMILES string of the molecule is C[C@@H]1CC[C@@H](C)P1OP1[C@H](C)CC[C@H]1C. The molecule has 0 aliphatic carbocycles. The fourth-order valence-electron chi connectivity index (χ4n) is 2.77. The van der Waals surface area contributed by atoms with Crippen molar-refractivity contribution in [2.45, 2.75) is 76.0 Å². The summed E-state index contributed by atoms with van der Waals surface area (Å²) in [4.78, 5) is 0. The molecule has 1 nitrogen and oxygen atoms in total. The minimum absolute atomic E-state index is 0.103. The third kappa shape index (κ3) is 2.56. The van der Waals surface area contributed by atoms with Gasteiger partial charge in [0, 0.05) is 38.9 Å².